The molecule has 0 bridgehead atoms. The van der Waals surface area contributed by atoms with Gasteiger partial charge >= 0.3 is 0 Å². The summed E-state index contributed by atoms with van der Waals surface area (Å²) in [5, 5.41) is 6.28. The number of fused-ring (bicyclic) bond motifs is 1. The molecular formula is C21H28N2O. The third-order valence-corrected chi connectivity index (χ3v) is 5.09. The summed E-state index contributed by atoms with van der Waals surface area (Å²) in [5.41, 5.74) is 1.32. The van der Waals surface area contributed by atoms with Crippen molar-refractivity contribution in [1.29, 1.82) is 0 Å². The van der Waals surface area contributed by atoms with Crippen molar-refractivity contribution in [3.8, 4) is 0 Å². The molecule has 2 aromatic carbocycles. The van der Waals surface area contributed by atoms with Gasteiger partial charge in [0.2, 0.25) is 5.91 Å². The van der Waals surface area contributed by atoms with Crippen molar-refractivity contribution >= 4 is 16.7 Å². The van der Waals surface area contributed by atoms with Gasteiger partial charge in [-0.05, 0) is 34.7 Å². The molecule has 2 atom stereocenters. The van der Waals surface area contributed by atoms with Crippen LogP contribution >= 0.6 is 0 Å². The Morgan fingerprint density at radius 2 is 1.96 bits per heavy atom. The molecule has 1 amide bonds. The highest BCUT2D eigenvalue weighted by Crippen LogP contribution is 2.20. The van der Waals surface area contributed by atoms with E-state index in [0.29, 0.717) is 12.0 Å². The van der Waals surface area contributed by atoms with Crippen LogP contribution in [0, 0.1) is 11.8 Å². The third-order valence-electron chi connectivity index (χ3n) is 5.09. The largest absolute Gasteiger partial charge is 0.342 e. The summed E-state index contributed by atoms with van der Waals surface area (Å²) in [4.78, 5) is 14.2. The third kappa shape index (κ3) is 3.78. The molecule has 128 valence electrons. The topological polar surface area (TPSA) is 32.3 Å². The van der Waals surface area contributed by atoms with Crippen LogP contribution in [0.2, 0.25) is 0 Å². The van der Waals surface area contributed by atoms with Crippen LogP contribution in [0.15, 0.2) is 42.5 Å². The maximum atomic E-state index is 12.2. The number of rotatable bonds is 4. The van der Waals surface area contributed by atoms with Crippen molar-refractivity contribution in [3.63, 3.8) is 0 Å². The number of hydrogen-bond acceptors (Lipinski definition) is 2. The molecule has 1 aliphatic heterocycles. The molecule has 0 radical (unpaired) electrons. The monoisotopic (exact) mass is 324 g/mol. The summed E-state index contributed by atoms with van der Waals surface area (Å²) in [6.07, 6.45) is 1.03. The Hall–Kier alpha value is -1.87. The minimum atomic E-state index is 0.0966. The van der Waals surface area contributed by atoms with E-state index >= 15 is 0 Å². The van der Waals surface area contributed by atoms with Gasteiger partial charge in [-0.25, -0.2) is 0 Å². The van der Waals surface area contributed by atoms with Crippen LogP contribution < -0.4 is 5.32 Å². The number of benzene rings is 2. The summed E-state index contributed by atoms with van der Waals surface area (Å²) in [5.74, 6) is 0.871. The summed E-state index contributed by atoms with van der Waals surface area (Å²) in [6.45, 7) is 8.84. The van der Waals surface area contributed by atoms with Gasteiger partial charge < -0.3 is 10.2 Å². The van der Waals surface area contributed by atoms with Crippen LogP contribution in [0.4, 0.5) is 0 Å². The smallest absolute Gasteiger partial charge is 0.225 e. The molecule has 1 aliphatic rings. The molecular weight excluding hydrogens is 296 g/mol. The Morgan fingerprint density at radius 1 is 1.21 bits per heavy atom. The Labute approximate surface area is 145 Å². The highest BCUT2D eigenvalue weighted by molar-refractivity contribution is 5.83. The van der Waals surface area contributed by atoms with E-state index in [1.807, 2.05) is 18.7 Å². The number of piperidine rings is 1. The maximum absolute atomic E-state index is 12.2. The fourth-order valence-corrected chi connectivity index (χ4v) is 3.61. The van der Waals surface area contributed by atoms with Crippen molar-refractivity contribution in [2.75, 3.05) is 13.1 Å². The van der Waals surface area contributed by atoms with E-state index in [4.69, 9.17) is 0 Å². The Morgan fingerprint density at radius 3 is 2.67 bits per heavy atom. The lowest BCUT2D eigenvalue weighted by molar-refractivity contribution is -0.136. The van der Waals surface area contributed by atoms with E-state index in [9.17, 15) is 4.79 Å². The van der Waals surface area contributed by atoms with Gasteiger partial charge in [-0.3, -0.25) is 4.79 Å². The van der Waals surface area contributed by atoms with E-state index in [0.717, 1.165) is 26.1 Å². The Kier molecular flexibility index (Phi) is 5.20. The van der Waals surface area contributed by atoms with E-state index in [1.54, 1.807) is 0 Å². The fraction of sp³-hybridized carbons (Fsp3) is 0.476. The van der Waals surface area contributed by atoms with Gasteiger partial charge in [-0.15, -0.1) is 0 Å². The average Bonchev–Trinajstić information content (AvgIpc) is 2.59. The van der Waals surface area contributed by atoms with E-state index < -0.39 is 0 Å². The Balaban J connectivity index is 1.57. The first-order chi connectivity index (χ1) is 11.5. The quantitative estimate of drug-likeness (QED) is 0.927. The maximum Gasteiger partial charge on any atom is 0.225 e. The zero-order chi connectivity index (χ0) is 17.1. The van der Waals surface area contributed by atoms with E-state index in [-0.39, 0.29) is 11.8 Å². The number of likely N-dealkylation sites (tertiary alicyclic amines) is 1. The minimum Gasteiger partial charge on any atom is -0.342 e. The van der Waals surface area contributed by atoms with Gasteiger partial charge in [0.1, 0.15) is 0 Å². The van der Waals surface area contributed by atoms with Crippen LogP contribution in [0.1, 0.15) is 32.8 Å². The fourth-order valence-electron chi connectivity index (χ4n) is 3.61. The lowest BCUT2D eigenvalue weighted by Crippen LogP contribution is -2.50. The molecule has 1 fully saturated rings. The van der Waals surface area contributed by atoms with E-state index in [2.05, 4.69) is 54.7 Å². The number of nitrogens with zero attached hydrogens (tertiary/aromatic N) is 1. The molecule has 0 saturated carbocycles. The van der Waals surface area contributed by atoms with Gasteiger partial charge in [-0.2, -0.15) is 0 Å². The number of nitrogens with one attached hydrogen (secondary N) is 1. The van der Waals surface area contributed by atoms with Crippen molar-refractivity contribution < 1.29 is 4.79 Å². The van der Waals surface area contributed by atoms with Crippen LogP contribution in [-0.4, -0.2) is 29.9 Å². The normalized spacial score (nSPS) is 21.4. The van der Waals surface area contributed by atoms with Crippen LogP contribution in [0.3, 0.4) is 0 Å². The number of amides is 1. The predicted molar refractivity (Wildman–Crippen MR) is 99.8 cm³/mol. The van der Waals surface area contributed by atoms with Gasteiger partial charge in [0, 0.05) is 31.6 Å². The van der Waals surface area contributed by atoms with Crippen molar-refractivity contribution in [2.24, 2.45) is 11.8 Å². The zero-order valence-electron chi connectivity index (χ0n) is 15.0. The molecule has 1 heterocycles. The van der Waals surface area contributed by atoms with Crippen molar-refractivity contribution in [2.45, 2.75) is 39.8 Å². The lowest BCUT2D eigenvalue weighted by atomic mass is 9.92. The summed E-state index contributed by atoms with van der Waals surface area (Å²) in [7, 11) is 0. The molecule has 0 spiro atoms. The molecule has 1 N–H and O–H groups in total. The number of carbonyl (C=O) groups excluding carboxylic acids is 1. The molecule has 0 unspecified atom stereocenters. The number of carbonyl (C=O) groups is 1. The standard InChI is InChI=1S/C21H28N2O/c1-15(2)21(24)23-11-10-20(16(3)14-23)22-13-17-8-9-18-6-4-5-7-19(18)12-17/h4-9,12,15-16,20,22H,10-11,13-14H2,1-3H3/t16-,20-/m1/s1. The SMILES string of the molecule is CC(C)C(=O)N1CC[C@@H](NCc2ccc3ccccc3c2)[C@H](C)C1. The summed E-state index contributed by atoms with van der Waals surface area (Å²) in [6, 6.07) is 15.6. The van der Waals surface area contributed by atoms with Gasteiger partial charge in [-0.1, -0.05) is 57.2 Å². The van der Waals surface area contributed by atoms with Gasteiger partial charge in [0.25, 0.3) is 0 Å². The summed E-state index contributed by atoms with van der Waals surface area (Å²) >= 11 is 0. The van der Waals surface area contributed by atoms with Crippen LogP contribution in [-0.2, 0) is 11.3 Å². The molecule has 3 heteroatoms. The zero-order valence-corrected chi connectivity index (χ0v) is 15.0. The van der Waals surface area contributed by atoms with E-state index in [1.165, 1.54) is 16.3 Å². The molecule has 3 nitrogen and oxygen atoms in total. The molecule has 0 aromatic heterocycles. The number of hydrogen-bond donors (Lipinski definition) is 1. The highest BCUT2D eigenvalue weighted by atomic mass is 16.2. The first-order valence-corrected chi connectivity index (χ1v) is 9.04. The highest BCUT2D eigenvalue weighted by Gasteiger charge is 2.29. The molecule has 24 heavy (non-hydrogen) atoms. The Bertz CT molecular complexity index is 710. The first-order valence-electron chi connectivity index (χ1n) is 9.04. The minimum absolute atomic E-state index is 0.0966. The molecule has 2 aromatic rings. The van der Waals surface area contributed by atoms with Gasteiger partial charge in [0.15, 0.2) is 0 Å². The van der Waals surface area contributed by atoms with Gasteiger partial charge in [0.05, 0.1) is 0 Å². The molecule has 0 aliphatic carbocycles. The van der Waals surface area contributed by atoms with Crippen molar-refractivity contribution in [3.05, 3.63) is 48.0 Å². The van der Waals surface area contributed by atoms with Crippen molar-refractivity contribution in [1.82, 2.24) is 10.2 Å². The lowest BCUT2D eigenvalue weighted by Gasteiger charge is -2.38. The first kappa shape index (κ1) is 17.0. The average molecular weight is 324 g/mol. The molecule has 3 rings (SSSR count). The second-order valence-corrected chi connectivity index (χ2v) is 7.37. The second kappa shape index (κ2) is 7.35. The predicted octanol–water partition coefficient (Wildman–Crippen LogP) is 3.82. The van der Waals surface area contributed by atoms with Crippen LogP contribution in [0.25, 0.3) is 10.8 Å². The second-order valence-electron chi connectivity index (χ2n) is 7.37. The summed E-state index contributed by atoms with van der Waals surface area (Å²) < 4.78 is 0. The molecule has 1 saturated heterocycles. The van der Waals surface area contributed by atoms with Crippen LogP contribution in [0.5, 0.6) is 0 Å².